The second-order valence-electron chi connectivity index (χ2n) is 7.76. The van der Waals surface area contributed by atoms with Gasteiger partial charge in [0.15, 0.2) is 0 Å². The number of aliphatic hydroxyl groups is 1. The van der Waals surface area contributed by atoms with Gasteiger partial charge in [-0.3, -0.25) is 14.4 Å². The molecule has 2 atom stereocenters. The number of amides is 2. The van der Waals surface area contributed by atoms with E-state index in [1.165, 1.54) is 14.2 Å². The molecular formula is C26H26N2O4. The molecule has 1 aliphatic rings. The number of likely N-dealkylation sites (tertiary alicyclic amines) is 1. The zero-order valence-electron chi connectivity index (χ0n) is 18.1. The second-order valence-corrected chi connectivity index (χ2v) is 7.76. The maximum absolute atomic E-state index is 13.7. The van der Waals surface area contributed by atoms with E-state index in [0.717, 1.165) is 21.8 Å². The van der Waals surface area contributed by atoms with E-state index in [2.05, 4.69) is 0 Å². The van der Waals surface area contributed by atoms with Gasteiger partial charge in [0.05, 0.1) is 19.8 Å². The third-order valence-electron chi connectivity index (χ3n) is 6.19. The minimum Gasteiger partial charge on any atom is -0.394 e. The minimum atomic E-state index is -1.02. The number of benzene rings is 3. The van der Waals surface area contributed by atoms with Gasteiger partial charge in [-0.1, -0.05) is 91.0 Å². The van der Waals surface area contributed by atoms with Crippen molar-refractivity contribution in [1.29, 1.82) is 0 Å². The topological polar surface area (TPSA) is 70.1 Å². The molecule has 2 amide bonds. The summed E-state index contributed by atoms with van der Waals surface area (Å²) in [5, 5.41) is 11.4. The highest BCUT2D eigenvalue weighted by atomic mass is 16.7. The average Bonchev–Trinajstić information content (AvgIpc) is 2.86. The lowest BCUT2D eigenvalue weighted by molar-refractivity contribution is -0.194. The van der Waals surface area contributed by atoms with Crippen LogP contribution < -0.4 is 0 Å². The summed E-state index contributed by atoms with van der Waals surface area (Å²) >= 11 is 0. The third-order valence-corrected chi connectivity index (χ3v) is 6.19. The van der Waals surface area contributed by atoms with E-state index in [1.807, 2.05) is 91.0 Å². The molecule has 4 rings (SSSR count). The molecule has 32 heavy (non-hydrogen) atoms. The Morgan fingerprint density at radius 1 is 0.906 bits per heavy atom. The van der Waals surface area contributed by atoms with Crippen molar-refractivity contribution in [2.45, 2.75) is 11.6 Å². The van der Waals surface area contributed by atoms with Crippen molar-refractivity contribution in [1.82, 2.24) is 9.96 Å². The fourth-order valence-electron chi connectivity index (χ4n) is 4.66. The van der Waals surface area contributed by atoms with Crippen LogP contribution in [0.4, 0.5) is 0 Å². The fourth-order valence-corrected chi connectivity index (χ4v) is 4.66. The van der Waals surface area contributed by atoms with Gasteiger partial charge in [0.25, 0.3) is 5.91 Å². The van der Waals surface area contributed by atoms with Crippen LogP contribution in [0.2, 0.25) is 0 Å². The largest absolute Gasteiger partial charge is 0.394 e. The predicted molar refractivity (Wildman–Crippen MR) is 120 cm³/mol. The highest BCUT2D eigenvalue weighted by Crippen LogP contribution is 2.49. The molecule has 0 spiro atoms. The summed E-state index contributed by atoms with van der Waals surface area (Å²) in [5.41, 5.74) is 1.59. The van der Waals surface area contributed by atoms with Crippen LogP contribution in [0.25, 0.3) is 0 Å². The Hall–Kier alpha value is -3.48. The first-order valence-electron chi connectivity index (χ1n) is 10.5. The lowest BCUT2D eigenvalue weighted by Gasteiger charge is -2.57. The number of carbonyl (C=O) groups is 2. The molecule has 1 saturated heterocycles. The molecule has 6 nitrogen and oxygen atoms in total. The molecule has 3 aromatic rings. The van der Waals surface area contributed by atoms with Crippen molar-refractivity contribution >= 4 is 11.8 Å². The van der Waals surface area contributed by atoms with Crippen molar-refractivity contribution in [2.24, 2.45) is 5.92 Å². The molecule has 0 radical (unpaired) electrons. The SMILES string of the molecule is CON(C)C(=O)[C@@H]1C(=O)N(C(c2ccccc2)(c2ccccc2)c2ccccc2)[C@H]1CO. The summed E-state index contributed by atoms with van der Waals surface area (Å²) < 4.78 is 0. The van der Waals surface area contributed by atoms with Crippen molar-refractivity contribution in [3.05, 3.63) is 108 Å². The molecule has 1 heterocycles. The number of carbonyl (C=O) groups excluding carboxylic acids is 2. The van der Waals surface area contributed by atoms with Crippen LogP contribution in [0.3, 0.4) is 0 Å². The molecule has 3 aromatic carbocycles. The van der Waals surface area contributed by atoms with Crippen LogP contribution in [0.15, 0.2) is 91.0 Å². The molecule has 1 aliphatic heterocycles. The zero-order valence-corrected chi connectivity index (χ0v) is 18.1. The highest BCUT2D eigenvalue weighted by molar-refractivity contribution is 6.06. The minimum absolute atomic E-state index is 0.352. The van der Waals surface area contributed by atoms with E-state index >= 15 is 0 Å². The van der Waals surface area contributed by atoms with Gasteiger partial charge in [0.1, 0.15) is 11.5 Å². The fraction of sp³-hybridized carbons (Fsp3) is 0.231. The lowest BCUT2D eigenvalue weighted by Crippen LogP contribution is -2.73. The van der Waals surface area contributed by atoms with Gasteiger partial charge in [-0.2, -0.15) is 0 Å². The quantitative estimate of drug-likeness (QED) is 0.271. The van der Waals surface area contributed by atoms with Crippen LogP contribution in [-0.2, 0) is 20.0 Å². The van der Waals surface area contributed by atoms with Gasteiger partial charge in [-0.15, -0.1) is 0 Å². The monoisotopic (exact) mass is 430 g/mol. The number of hydrogen-bond acceptors (Lipinski definition) is 4. The standard InChI is InChI=1S/C26H26N2O4/c1-27(32-2)24(30)23-22(18-29)28(25(23)31)26(19-12-6-3-7-13-19,20-14-8-4-9-15-20)21-16-10-5-11-17-21/h3-17,22-23,29H,18H2,1-2H3/t22-,23+/m0/s1. The predicted octanol–water partition coefficient (Wildman–Crippen LogP) is 2.82. The summed E-state index contributed by atoms with van der Waals surface area (Å²) in [7, 11) is 2.83. The molecule has 1 N–H and O–H groups in total. The van der Waals surface area contributed by atoms with Crippen LogP contribution in [-0.4, -0.2) is 53.7 Å². The lowest BCUT2D eigenvalue weighted by atomic mass is 9.70. The molecule has 0 aliphatic carbocycles. The number of hydrogen-bond donors (Lipinski definition) is 1. The van der Waals surface area contributed by atoms with E-state index < -0.39 is 23.4 Å². The normalized spacial score (nSPS) is 18.2. The Bertz CT molecular complexity index is 976. The Balaban J connectivity index is 1.97. The Morgan fingerprint density at radius 3 is 1.66 bits per heavy atom. The van der Waals surface area contributed by atoms with Crippen molar-refractivity contribution in [3.63, 3.8) is 0 Å². The van der Waals surface area contributed by atoms with Gasteiger partial charge in [-0.25, -0.2) is 5.06 Å². The number of hydroxylamine groups is 2. The van der Waals surface area contributed by atoms with E-state index in [0.29, 0.717) is 0 Å². The second kappa shape index (κ2) is 8.94. The van der Waals surface area contributed by atoms with Gasteiger partial charge >= 0.3 is 0 Å². The van der Waals surface area contributed by atoms with Gasteiger partial charge in [0, 0.05) is 7.05 Å². The zero-order chi connectivity index (χ0) is 22.7. The van der Waals surface area contributed by atoms with Gasteiger partial charge in [-0.05, 0) is 16.7 Å². The number of β-lactam (4-membered cyclic amide) rings is 1. The summed E-state index contributed by atoms with van der Waals surface area (Å²) in [5.74, 6) is -1.84. The average molecular weight is 431 g/mol. The first-order chi connectivity index (χ1) is 15.6. The number of aliphatic hydroxyl groups excluding tert-OH is 1. The number of rotatable bonds is 7. The Morgan fingerprint density at radius 2 is 1.31 bits per heavy atom. The summed E-state index contributed by atoms with van der Waals surface area (Å²) in [6.45, 7) is -0.353. The van der Waals surface area contributed by atoms with Crippen LogP contribution in [0, 0.1) is 5.92 Å². The molecule has 0 saturated carbocycles. The van der Waals surface area contributed by atoms with Gasteiger partial charge < -0.3 is 10.0 Å². The van der Waals surface area contributed by atoms with E-state index in [4.69, 9.17) is 4.84 Å². The molecule has 0 aromatic heterocycles. The number of nitrogens with zero attached hydrogens (tertiary/aromatic N) is 2. The van der Waals surface area contributed by atoms with Crippen LogP contribution >= 0.6 is 0 Å². The molecule has 164 valence electrons. The first kappa shape index (κ1) is 21.7. The Labute approximate surface area is 187 Å². The van der Waals surface area contributed by atoms with Crippen LogP contribution in [0.5, 0.6) is 0 Å². The van der Waals surface area contributed by atoms with E-state index in [9.17, 15) is 14.7 Å². The molecule has 6 heteroatoms. The molecule has 0 bridgehead atoms. The molecule has 1 fully saturated rings. The smallest absolute Gasteiger partial charge is 0.260 e. The first-order valence-corrected chi connectivity index (χ1v) is 10.5. The van der Waals surface area contributed by atoms with Crippen LogP contribution in [0.1, 0.15) is 16.7 Å². The van der Waals surface area contributed by atoms with Crippen molar-refractivity contribution < 1.29 is 19.5 Å². The summed E-state index contributed by atoms with van der Waals surface area (Å²) in [6, 6.07) is 28.4. The maximum atomic E-state index is 13.7. The molecule has 0 unspecified atom stereocenters. The molecular weight excluding hydrogens is 404 g/mol. The van der Waals surface area contributed by atoms with Gasteiger partial charge in [0.2, 0.25) is 5.91 Å². The Kier molecular flexibility index (Phi) is 6.08. The highest BCUT2D eigenvalue weighted by Gasteiger charge is 2.61. The van der Waals surface area contributed by atoms with E-state index in [-0.39, 0.29) is 12.5 Å². The van der Waals surface area contributed by atoms with E-state index in [1.54, 1.807) is 4.90 Å². The summed E-state index contributed by atoms with van der Waals surface area (Å²) in [6.07, 6.45) is 0. The summed E-state index contributed by atoms with van der Waals surface area (Å²) in [4.78, 5) is 33.2. The van der Waals surface area contributed by atoms with Crippen molar-refractivity contribution in [2.75, 3.05) is 20.8 Å². The van der Waals surface area contributed by atoms with Crippen molar-refractivity contribution in [3.8, 4) is 0 Å². The third kappa shape index (κ3) is 3.28. The maximum Gasteiger partial charge on any atom is 0.260 e.